The highest BCUT2D eigenvalue weighted by atomic mass is 32.1. The maximum Gasteiger partial charge on any atom is 0.119 e. The molecule has 1 heterocycles. The molecule has 0 unspecified atom stereocenters. The zero-order valence-corrected chi connectivity index (χ0v) is 13.9. The van der Waals surface area contributed by atoms with Crippen LogP contribution in [0.25, 0.3) is 0 Å². The van der Waals surface area contributed by atoms with Crippen LogP contribution in [0.3, 0.4) is 0 Å². The molecule has 2 N–H and O–H groups in total. The molecular weight excluding hydrogens is 280 g/mol. The number of nitrogens with two attached hydrogens (primary N) is 1. The Bertz CT molecular complexity index is 572. The molecule has 0 saturated heterocycles. The van der Waals surface area contributed by atoms with Gasteiger partial charge in [0, 0.05) is 17.8 Å². The molecule has 0 bridgehead atoms. The maximum atomic E-state index is 5.85. The van der Waals surface area contributed by atoms with Crippen LogP contribution in [0.5, 0.6) is 5.75 Å². The molecule has 1 aromatic heterocycles. The summed E-state index contributed by atoms with van der Waals surface area (Å²) in [5.41, 5.74) is 9.42. The number of benzene rings is 1. The molecule has 0 amide bonds. The van der Waals surface area contributed by atoms with Gasteiger partial charge < -0.3 is 10.5 Å². The van der Waals surface area contributed by atoms with Crippen molar-refractivity contribution < 1.29 is 4.74 Å². The number of nitrogens with zero attached hydrogens (tertiary/aromatic N) is 1. The number of aromatic nitrogens is 1. The fraction of sp³-hybridized carbons (Fsp3) is 0.471. The van der Waals surface area contributed by atoms with Crippen molar-refractivity contribution in [2.75, 3.05) is 6.61 Å². The second-order valence-electron chi connectivity index (χ2n) is 5.35. The minimum absolute atomic E-state index is 0.588. The Kier molecular flexibility index (Phi) is 5.76. The summed E-state index contributed by atoms with van der Waals surface area (Å²) in [5.74, 6) is 0.942. The average molecular weight is 304 g/mol. The first-order chi connectivity index (χ1) is 10.1. The van der Waals surface area contributed by atoms with E-state index in [9.17, 15) is 0 Å². The second kappa shape index (κ2) is 7.57. The number of rotatable bonds is 7. The number of hydrogen-bond donors (Lipinski definition) is 1. The molecule has 1 aromatic carbocycles. The SMILES string of the molecule is CCCc1nc(CCOc2cc(C)cc(C)c2)sc1CN. The number of ether oxygens (including phenoxy) is 1. The van der Waals surface area contributed by atoms with Gasteiger partial charge in [-0.15, -0.1) is 11.3 Å². The lowest BCUT2D eigenvalue weighted by Crippen LogP contribution is -2.02. The van der Waals surface area contributed by atoms with Crippen LogP contribution in [-0.4, -0.2) is 11.6 Å². The molecule has 0 aliphatic carbocycles. The average Bonchev–Trinajstić information content (AvgIpc) is 2.80. The molecule has 21 heavy (non-hydrogen) atoms. The topological polar surface area (TPSA) is 48.1 Å². The van der Waals surface area contributed by atoms with Crippen LogP contribution in [0.1, 0.15) is 40.1 Å². The highest BCUT2D eigenvalue weighted by Crippen LogP contribution is 2.21. The largest absolute Gasteiger partial charge is 0.493 e. The van der Waals surface area contributed by atoms with E-state index in [2.05, 4.69) is 39.0 Å². The van der Waals surface area contributed by atoms with Gasteiger partial charge in [0.2, 0.25) is 0 Å². The van der Waals surface area contributed by atoms with Crippen molar-refractivity contribution in [3.8, 4) is 5.75 Å². The zero-order chi connectivity index (χ0) is 15.2. The normalized spacial score (nSPS) is 10.9. The minimum Gasteiger partial charge on any atom is -0.493 e. The van der Waals surface area contributed by atoms with Crippen molar-refractivity contribution in [3.05, 3.63) is 44.9 Å². The van der Waals surface area contributed by atoms with Crippen molar-refractivity contribution in [3.63, 3.8) is 0 Å². The summed E-state index contributed by atoms with van der Waals surface area (Å²) >= 11 is 1.72. The van der Waals surface area contributed by atoms with E-state index in [0.29, 0.717) is 13.2 Å². The van der Waals surface area contributed by atoms with E-state index in [-0.39, 0.29) is 0 Å². The molecule has 3 nitrogen and oxygen atoms in total. The number of hydrogen-bond acceptors (Lipinski definition) is 4. The van der Waals surface area contributed by atoms with Gasteiger partial charge in [-0.25, -0.2) is 4.98 Å². The second-order valence-corrected chi connectivity index (χ2v) is 6.52. The summed E-state index contributed by atoms with van der Waals surface area (Å²) in [6.07, 6.45) is 2.96. The quantitative estimate of drug-likeness (QED) is 0.846. The molecule has 0 spiro atoms. The summed E-state index contributed by atoms with van der Waals surface area (Å²) < 4.78 is 5.85. The molecule has 2 rings (SSSR count). The highest BCUT2D eigenvalue weighted by molar-refractivity contribution is 7.11. The first kappa shape index (κ1) is 16.0. The summed E-state index contributed by atoms with van der Waals surface area (Å²) in [4.78, 5) is 5.92. The molecular formula is C17H24N2OS. The van der Waals surface area contributed by atoms with Gasteiger partial charge >= 0.3 is 0 Å². The molecule has 0 atom stereocenters. The van der Waals surface area contributed by atoms with Gasteiger partial charge in [0.15, 0.2) is 0 Å². The molecule has 2 aromatic rings. The van der Waals surface area contributed by atoms with Gasteiger partial charge in [-0.3, -0.25) is 0 Å². The molecule has 0 aliphatic heterocycles. The Morgan fingerprint density at radius 1 is 1.14 bits per heavy atom. The van der Waals surface area contributed by atoms with Crippen molar-refractivity contribution >= 4 is 11.3 Å². The van der Waals surface area contributed by atoms with E-state index in [1.165, 1.54) is 21.7 Å². The van der Waals surface area contributed by atoms with E-state index < -0.39 is 0 Å². The van der Waals surface area contributed by atoms with Crippen LogP contribution in [-0.2, 0) is 19.4 Å². The van der Waals surface area contributed by atoms with E-state index in [1.807, 2.05) is 0 Å². The minimum atomic E-state index is 0.588. The Hall–Kier alpha value is -1.39. The van der Waals surface area contributed by atoms with E-state index in [4.69, 9.17) is 15.5 Å². The summed E-state index contributed by atoms with van der Waals surface area (Å²) in [6, 6.07) is 6.30. The smallest absolute Gasteiger partial charge is 0.119 e. The van der Waals surface area contributed by atoms with Crippen molar-refractivity contribution in [1.82, 2.24) is 4.98 Å². The first-order valence-corrected chi connectivity index (χ1v) is 8.32. The fourth-order valence-corrected chi connectivity index (χ4v) is 3.38. The molecule has 0 radical (unpaired) electrons. The molecule has 4 heteroatoms. The summed E-state index contributed by atoms with van der Waals surface area (Å²) in [6.45, 7) is 7.59. The van der Waals surface area contributed by atoms with Crippen LogP contribution in [0.15, 0.2) is 18.2 Å². The standard InChI is InChI=1S/C17H24N2OS/c1-4-5-15-16(11-18)21-17(19-15)6-7-20-14-9-12(2)8-13(3)10-14/h8-10H,4-7,11,18H2,1-3H3. The van der Waals surface area contributed by atoms with Crippen LogP contribution < -0.4 is 10.5 Å². The monoisotopic (exact) mass is 304 g/mol. The third kappa shape index (κ3) is 4.55. The van der Waals surface area contributed by atoms with Crippen molar-refractivity contribution in [2.24, 2.45) is 5.73 Å². The zero-order valence-electron chi connectivity index (χ0n) is 13.1. The van der Waals surface area contributed by atoms with Gasteiger partial charge in [0.05, 0.1) is 17.3 Å². The highest BCUT2D eigenvalue weighted by Gasteiger charge is 2.09. The lowest BCUT2D eigenvalue weighted by molar-refractivity contribution is 0.321. The fourth-order valence-electron chi connectivity index (χ4n) is 2.41. The lowest BCUT2D eigenvalue weighted by atomic mass is 10.1. The van der Waals surface area contributed by atoms with Gasteiger partial charge in [-0.05, 0) is 43.5 Å². The van der Waals surface area contributed by atoms with Gasteiger partial charge in [0.25, 0.3) is 0 Å². The third-order valence-corrected chi connectivity index (χ3v) is 4.45. The Morgan fingerprint density at radius 2 is 1.86 bits per heavy atom. The predicted octanol–water partition coefficient (Wildman–Crippen LogP) is 3.79. The number of aryl methyl sites for hydroxylation is 3. The van der Waals surface area contributed by atoms with Crippen LogP contribution in [0.2, 0.25) is 0 Å². The van der Waals surface area contributed by atoms with Crippen LogP contribution >= 0.6 is 11.3 Å². The molecule has 0 aliphatic rings. The van der Waals surface area contributed by atoms with Crippen molar-refractivity contribution in [2.45, 2.75) is 46.6 Å². The van der Waals surface area contributed by atoms with Gasteiger partial charge in [-0.1, -0.05) is 19.4 Å². The van der Waals surface area contributed by atoms with Gasteiger partial charge in [-0.2, -0.15) is 0 Å². The third-order valence-electron chi connectivity index (χ3n) is 3.27. The predicted molar refractivity (Wildman–Crippen MR) is 89.1 cm³/mol. The van der Waals surface area contributed by atoms with Crippen LogP contribution in [0.4, 0.5) is 0 Å². The van der Waals surface area contributed by atoms with Crippen molar-refractivity contribution in [1.29, 1.82) is 0 Å². The number of thiazole rings is 1. The van der Waals surface area contributed by atoms with Crippen LogP contribution in [0, 0.1) is 13.8 Å². The lowest BCUT2D eigenvalue weighted by Gasteiger charge is -2.07. The van der Waals surface area contributed by atoms with E-state index in [1.54, 1.807) is 11.3 Å². The Labute approximate surface area is 131 Å². The Morgan fingerprint density at radius 3 is 2.48 bits per heavy atom. The maximum absolute atomic E-state index is 5.85. The van der Waals surface area contributed by atoms with E-state index in [0.717, 1.165) is 30.0 Å². The Balaban J connectivity index is 1.93. The van der Waals surface area contributed by atoms with E-state index >= 15 is 0 Å². The molecule has 0 saturated carbocycles. The molecule has 0 fully saturated rings. The summed E-state index contributed by atoms with van der Waals surface area (Å²) in [5, 5.41) is 1.13. The summed E-state index contributed by atoms with van der Waals surface area (Å²) in [7, 11) is 0. The molecule has 114 valence electrons. The first-order valence-electron chi connectivity index (χ1n) is 7.51. The van der Waals surface area contributed by atoms with Gasteiger partial charge in [0.1, 0.15) is 5.75 Å².